The number of aliphatic hydroxyl groups excluding tert-OH is 1. The standard InChI is InChI=1S/C10H17NO4S/c1-10(2)9(13)11(16(10,14)15)8-5-3-4-7(8)6-12/h7-8,12H,3-6H2,1-2H3. The van der Waals surface area contributed by atoms with Crippen LogP contribution in [0, 0.1) is 5.92 Å². The van der Waals surface area contributed by atoms with Gasteiger partial charge in [0.05, 0.1) is 6.04 Å². The molecule has 1 aliphatic heterocycles. The number of hydrogen-bond acceptors (Lipinski definition) is 4. The topological polar surface area (TPSA) is 74.7 Å². The zero-order valence-corrected chi connectivity index (χ0v) is 10.3. The maximum Gasteiger partial charge on any atom is 0.259 e. The van der Waals surface area contributed by atoms with Crippen LogP contribution >= 0.6 is 0 Å². The molecule has 1 N–H and O–H groups in total. The average molecular weight is 247 g/mol. The number of carbonyl (C=O) groups excluding carboxylic acids is 1. The minimum atomic E-state index is -3.50. The minimum Gasteiger partial charge on any atom is -0.396 e. The van der Waals surface area contributed by atoms with Crippen molar-refractivity contribution in [2.24, 2.45) is 5.92 Å². The van der Waals surface area contributed by atoms with Crippen molar-refractivity contribution in [2.45, 2.75) is 43.9 Å². The lowest BCUT2D eigenvalue weighted by molar-refractivity contribution is -0.134. The van der Waals surface area contributed by atoms with Crippen molar-refractivity contribution in [1.29, 1.82) is 0 Å². The van der Waals surface area contributed by atoms with Gasteiger partial charge in [0.2, 0.25) is 0 Å². The molecular weight excluding hydrogens is 230 g/mol. The van der Waals surface area contributed by atoms with Crippen LogP contribution in [0.25, 0.3) is 0 Å². The second kappa shape index (κ2) is 3.43. The monoisotopic (exact) mass is 247 g/mol. The molecule has 0 spiro atoms. The van der Waals surface area contributed by atoms with Gasteiger partial charge >= 0.3 is 0 Å². The molecule has 5 nitrogen and oxygen atoms in total. The van der Waals surface area contributed by atoms with Gasteiger partial charge in [-0.15, -0.1) is 0 Å². The van der Waals surface area contributed by atoms with Crippen molar-refractivity contribution < 1.29 is 18.3 Å². The molecule has 16 heavy (non-hydrogen) atoms. The number of amides is 1. The summed E-state index contributed by atoms with van der Waals surface area (Å²) in [5.74, 6) is -0.423. The molecule has 1 heterocycles. The lowest BCUT2D eigenvalue weighted by atomic mass is 10.0. The van der Waals surface area contributed by atoms with Crippen LogP contribution in [0.15, 0.2) is 0 Å². The Hall–Kier alpha value is -0.620. The lowest BCUT2D eigenvalue weighted by Gasteiger charge is -2.47. The number of hydrogen-bond donors (Lipinski definition) is 1. The van der Waals surface area contributed by atoms with Gasteiger partial charge in [-0.25, -0.2) is 12.7 Å². The number of rotatable bonds is 2. The quantitative estimate of drug-likeness (QED) is 0.751. The van der Waals surface area contributed by atoms with E-state index in [0.29, 0.717) is 6.42 Å². The van der Waals surface area contributed by atoms with E-state index in [1.165, 1.54) is 13.8 Å². The average Bonchev–Trinajstić information content (AvgIpc) is 2.65. The molecule has 2 unspecified atom stereocenters. The highest BCUT2D eigenvalue weighted by Gasteiger charge is 2.63. The van der Waals surface area contributed by atoms with Gasteiger partial charge in [-0.1, -0.05) is 6.42 Å². The van der Waals surface area contributed by atoms with Crippen LogP contribution in [0.2, 0.25) is 0 Å². The first kappa shape index (κ1) is 11.9. The summed E-state index contributed by atoms with van der Waals surface area (Å²) in [6, 6.07) is -0.324. The molecule has 2 rings (SSSR count). The van der Waals surface area contributed by atoms with Crippen molar-refractivity contribution in [2.75, 3.05) is 6.61 Å². The molecule has 92 valence electrons. The fraction of sp³-hybridized carbons (Fsp3) is 0.900. The summed E-state index contributed by atoms with van der Waals surface area (Å²) in [4.78, 5) is 11.8. The summed E-state index contributed by atoms with van der Waals surface area (Å²) in [5, 5.41) is 9.16. The summed E-state index contributed by atoms with van der Waals surface area (Å²) in [6.07, 6.45) is 2.34. The van der Waals surface area contributed by atoms with E-state index in [2.05, 4.69) is 0 Å². The van der Waals surface area contributed by atoms with Crippen LogP contribution in [-0.4, -0.2) is 41.1 Å². The zero-order valence-electron chi connectivity index (χ0n) is 9.51. The largest absolute Gasteiger partial charge is 0.396 e. The second-order valence-corrected chi connectivity index (χ2v) is 7.42. The van der Waals surface area contributed by atoms with Crippen LogP contribution in [0.5, 0.6) is 0 Å². The molecule has 0 bridgehead atoms. The predicted octanol–water partition coefficient (Wildman–Crippen LogP) is 0.0980. The first-order chi connectivity index (χ1) is 7.34. The van der Waals surface area contributed by atoms with E-state index >= 15 is 0 Å². The predicted molar refractivity (Wildman–Crippen MR) is 58.1 cm³/mol. The Bertz CT molecular complexity index is 415. The van der Waals surface area contributed by atoms with E-state index in [-0.39, 0.29) is 24.5 Å². The van der Waals surface area contributed by atoms with Gasteiger partial charge in [0.25, 0.3) is 15.9 Å². The third kappa shape index (κ3) is 1.26. The van der Waals surface area contributed by atoms with E-state index in [1.807, 2.05) is 0 Å². The molecule has 1 saturated heterocycles. The van der Waals surface area contributed by atoms with Gasteiger partial charge in [-0.05, 0) is 26.7 Å². The van der Waals surface area contributed by atoms with Crippen LogP contribution in [0.1, 0.15) is 33.1 Å². The molecule has 0 aromatic rings. The molecular formula is C10H17NO4S. The van der Waals surface area contributed by atoms with Crippen LogP contribution in [0.3, 0.4) is 0 Å². The highest BCUT2D eigenvalue weighted by Crippen LogP contribution is 2.42. The molecule has 0 aromatic heterocycles. The van der Waals surface area contributed by atoms with Crippen molar-refractivity contribution in [1.82, 2.24) is 4.31 Å². The van der Waals surface area contributed by atoms with Gasteiger partial charge in [-0.3, -0.25) is 4.79 Å². The lowest BCUT2D eigenvalue weighted by Crippen LogP contribution is -2.70. The van der Waals surface area contributed by atoms with Crippen LogP contribution < -0.4 is 0 Å². The second-order valence-electron chi connectivity index (χ2n) is 5.06. The Kier molecular flexibility index (Phi) is 2.54. The Morgan fingerprint density at radius 2 is 2.06 bits per heavy atom. The number of sulfonamides is 1. The Labute approximate surface area is 95.5 Å². The highest BCUT2D eigenvalue weighted by molar-refractivity contribution is 7.94. The van der Waals surface area contributed by atoms with Crippen LogP contribution in [0.4, 0.5) is 0 Å². The van der Waals surface area contributed by atoms with E-state index in [1.54, 1.807) is 0 Å². The van der Waals surface area contributed by atoms with Crippen LogP contribution in [-0.2, 0) is 14.8 Å². The Morgan fingerprint density at radius 1 is 1.44 bits per heavy atom. The summed E-state index contributed by atoms with van der Waals surface area (Å²) in [7, 11) is -3.50. The highest BCUT2D eigenvalue weighted by atomic mass is 32.2. The smallest absolute Gasteiger partial charge is 0.259 e. The molecule has 2 atom stereocenters. The molecule has 1 saturated carbocycles. The third-order valence-corrected chi connectivity index (χ3v) is 6.19. The molecule has 0 aromatic carbocycles. The zero-order chi connectivity index (χ0) is 12.1. The number of aliphatic hydroxyl groups is 1. The third-order valence-electron chi connectivity index (χ3n) is 3.77. The van der Waals surface area contributed by atoms with Crippen molar-refractivity contribution in [3.63, 3.8) is 0 Å². The first-order valence-electron chi connectivity index (χ1n) is 5.53. The van der Waals surface area contributed by atoms with Crippen molar-refractivity contribution >= 4 is 15.9 Å². The van der Waals surface area contributed by atoms with Crippen molar-refractivity contribution in [3.05, 3.63) is 0 Å². The van der Waals surface area contributed by atoms with Gasteiger partial charge in [0.1, 0.15) is 0 Å². The van der Waals surface area contributed by atoms with E-state index in [0.717, 1.165) is 17.1 Å². The van der Waals surface area contributed by atoms with Gasteiger partial charge in [0, 0.05) is 12.5 Å². The van der Waals surface area contributed by atoms with E-state index < -0.39 is 14.8 Å². The molecule has 6 heteroatoms. The Morgan fingerprint density at radius 3 is 2.56 bits per heavy atom. The van der Waals surface area contributed by atoms with Gasteiger partial charge < -0.3 is 5.11 Å². The number of carbonyl (C=O) groups is 1. The molecule has 2 aliphatic rings. The van der Waals surface area contributed by atoms with E-state index in [9.17, 15) is 13.2 Å². The molecule has 2 fully saturated rings. The summed E-state index contributed by atoms with van der Waals surface area (Å²) >= 11 is 0. The van der Waals surface area contributed by atoms with Gasteiger partial charge in [0.15, 0.2) is 4.75 Å². The fourth-order valence-electron chi connectivity index (χ4n) is 2.56. The number of nitrogens with zero attached hydrogens (tertiary/aromatic N) is 1. The maximum atomic E-state index is 12.0. The minimum absolute atomic E-state index is 0.0512. The molecule has 1 amide bonds. The molecule has 1 aliphatic carbocycles. The fourth-order valence-corrected chi connectivity index (χ4v) is 4.32. The summed E-state index contributed by atoms with van der Waals surface area (Å²) < 4.78 is 23.6. The summed E-state index contributed by atoms with van der Waals surface area (Å²) in [6.45, 7) is 2.82. The molecule has 0 radical (unpaired) electrons. The van der Waals surface area contributed by atoms with Crippen molar-refractivity contribution in [3.8, 4) is 0 Å². The van der Waals surface area contributed by atoms with Gasteiger partial charge in [-0.2, -0.15) is 0 Å². The normalized spacial score (nSPS) is 36.2. The summed E-state index contributed by atoms with van der Waals surface area (Å²) in [5.41, 5.74) is 0. The Balaban J connectivity index is 2.28. The van der Waals surface area contributed by atoms with E-state index in [4.69, 9.17) is 5.11 Å². The SMILES string of the molecule is CC1(C)C(=O)N(C2CCCC2CO)S1(=O)=O. The first-order valence-corrected chi connectivity index (χ1v) is 6.97. The maximum absolute atomic E-state index is 12.0.